The zero-order chi connectivity index (χ0) is 15.2. The van der Waals surface area contributed by atoms with Crippen LogP contribution in [0.3, 0.4) is 0 Å². The van der Waals surface area contributed by atoms with Gasteiger partial charge in [-0.25, -0.2) is 0 Å². The molecule has 1 aliphatic carbocycles. The third-order valence-electron chi connectivity index (χ3n) is 3.53. The Morgan fingerprint density at radius 3 is 2.67 bits per heavy atom. The van der Waals surface area contributed by atoms with Crippen molar-refractivity contribution in [1.29, 1.82) is 0 Å². The molecule has 2 rings (SSSR count). The maximum absolute atomic E-state index is 12.4. The third kappa shape index (κ3) is 3.49. The van der Waals surface area contributed by atoms with Gasteiger partial charge in [0.15, 0.2) is 11.6 Å². The van der Waals surface area contributed by atoms with Crippen molar-refractivity contribution >= 4 is 23.6 Å². The molecule has 0 bridgehead atoms. The van der Waals surface area contributed by atoms with Crippen LogP contribution in [-0.2, 0) is 9.59 Å². The number of benzene rings is 1. The van der Waals surface area contributed by atoms with Crippen LogP contribution in [0.4, 0.5) is 0 Å². The summed E-state index contributed by atoms with van der Waals surface area (Å²) in [5.74, 6) is -2.58. The average Bonchev–Trinajstić information content (AvgIpc) is 2.51. The van der Waals surface area contributed by atoms with Gasteiger partial charge in [0, 0.05) is 18.2 Å². The lowest BCUT2D eigenvalue weighted by Crippen LogP contribution is -2.40. The summed E-state index contributed by atoms with van der Waals surface area (Å²) in [6.07, 6.45) is 1.73. The summed E-state index contributed by atoms with van der Waals surface area (Å²) in [6, 6.07) is 8.62. The molecule has 0 saturated heterocycles. The number of hydrogen-bond donors (Lipinski definition) is 1. The summed E-state index contributed by atoms with van der Waals surface area (Å²) in [5.41, 5.74) is 0.483. The first-order valence-corrected chi connectivity index (χ1v) is 6.91. The highest BCUT2D eigenvalue weighted by Crippen LogP contribution is 2.25. The van der Waals surface area contributed by atoms with Gasteiger partial charge in [0.05, 0.1) is 19.1 Å². The van der Waals surface area contributed by atoms with Crippen LogP contribution in [-0.4, -0.2) is 41.8 Å². The standard InChI is InChI=1S/C16H17NO4/c18-9-8-17-10-13-14(19)7-6-12(16(13)21)15(20)11-4-2-1-3-5-11/h1-5,10,12-13,18H,6-9H2/t12-,13-/m1/s1. The first kappa shape index (κ1) is 15.3. The maximum Gasteiger partial charge on any atom is 0.173 e. The van der Waals surface area contributed by atoms with E-state index in [0.29, 0.717) is 5.56 Å². The molecule has 1 saturated carbocycles. The minimum Gasteiger partial charge on any atom is -0.394 e. The van der Waals surface area contributed by atoms with Crippen LogP contribution < -0.4 is 0 Å². The Morgan fingerprint density at radius 1 is 1.29 bits per heavy atom. The summed E-state index contributed by atoms with van der Waals surface area (Å²) < 4.78 is 0. The first-order chi connectivity index (χ1) is 10.1. The lowest BCUT2D eigenvalue weighted by molar-refractivity contribution is -0.134. The van der Waals surface area contributed by atoms with Gasteiger partial charge >= 0.3 is 0 Å². The van der Waals surface area contributed by atoms with Crippen molar-refractivity contribution in [3.05, 3.63) is 35.9 Å². The molecule has 110 valence electrons. The fraction of sp³-hybridized carbons (Fsp3) is 0.375. The lowest BCUT2D eigenvalue weighted by Gasteiger charge is -2.23. The van der Waals surface area contributed by atoms with Crippen molar-refractivity contribution in [3.8, 4) is 0 Å². The first-order valence-electron chi connectivity index (χ1n) is 6.91. The van der Waals surface area contributed by atoms with Gasteiger partial charge in [0.1, 0.15) is 11.7 Å². The number of hydrogen-bond acceptors (Lipinski definition) is 5. The van der Waals surface area contributed by atoms with Crippen LogP contribution in [0.5, 0.6) is 0 Å². The normalized spacial score (nSPS) is 22.7. The molecule has 1 fully saturated rings. The van der Waals surface area contributed by atoms with Crippen molar-refractivity contribution in [2.24, 2.45) is 16.8 Å². The Balaban J connectivity index is 2.16. The number of Topliss-reactive ketones (excluding diaryl/α,β-unsaturated/α-hetero) is 3. The van der Waals surface area contributed by atoms with Crippen LogP contribution in [0, 0.1) is 11.8 Å². The number of ketones is 3. The molecule has 1 aromatic rings. The second-order valence-corrected chi connectivity index (χ2v) is 4.95. The molecular weight excluding hydrogens is 270 g/mol. The quantitative estimate of drug-likeness (QED) is 0.499. The van der Waals surface area contributed by atoms with Crippen molar-refractivity contribution in [1.82, 2.24) is 0 Å². The van der Waals surface area contributed by atoms with E-state index in [9.17, 15) is 14.4 Å². The number of carbonyl (C=O) groups excluding carboxylic acids is 3. The van der Waals surface area contributed by atoms with Crippen LogP contribution in [0.15, 0.2) is 35.3 Å². The summed E-state index contributed by atoms with van der Waals surface area (Å²) in [6.45, 7) is 0.00628. The highest BCUT2D eigenvalue weighted by molar-refractivity contribution is 6.23. The number of aliphatic imine (C=N–C) groups is 1. The number of nitrogens with zero attached hydrogens (tertiary/aromatic N) is 1. The van der Waals surface area contributed by atoms with E-state index >= 15 is 0 Å². The van der Waals surface area contributed by atoms with E-state index in [0.717, 1.165) is 0 Å². The van der Waals surface area contributed by atoms with Crippen LogP contribution >= 0.6 is 0 Å². The molecule has 0 radical (unpaired) electrons. The molecule has 21 heavy (non-hydrogen) atoms. The molecule has 1 aromatic carbocycles. The zero-order valence-corrected chi connectivity index (χ0v) is 11.6. The molecule has 1 N–H and O–H groups in total. The summed E-state index contributed by atoms with van der Waals surface area (Å²) in [4.78, 5) is 40.4. The lowest BCUT2D eigenvalue weighted by atomic mass is 9.76. The number of aliphatic hydroxyl groups excluding tert-OH is 1. The predicted octanol–water partition coefficient (Wildman–Crippen LogP) is 1.10. The van der Waals surface area contributed by atoms with E-state index in [-0.39, 0.29) is 43.3 Å². The van der Waals surface area contributed by atoms with E-state index in [1.807, 2.05) is 0 Å². The highest BCUT2D eigenvalue weighted by Gasteiger charge is 2.39. The highest BCUT2D eigenvalue weighted by atomic mass is 16.3. The van der Waals surface area contributed by atoms with E-state index in [1.54, 1.807) is 30.3 Å². The third-order valence-corrected chi connectivity index (χ3v) is 3.53. The van der Waals surface area contributed by atoms with Gasteiger partial charge in [-0.3, -0.25) is 19.4 Å². The molecule has 0 aromatic heterocycles. The Kier molecular flexibility index (Phi) is 5.11. The molecule has 0 unspecified atom stereocenters. The minimum absolute atomic E-state index is 0.141. The van der Waals surface area contributed by atoms with Crippen molar-refractivity contribution in [2.75, 3.05) is 13.2 Å². The topological polar surface area (TPSA) is 83.8 Å². The Bertz CT molecular complexity index is 565. The van der Waals surface area contributed by atoms with Gasteiger partial charge < -0.3 is 5.11 Å². The van der Waals surface area contributed by atoms with E-state index in [4.69, 9.17) is 5.11 Å². The number of rotatable bonds is 5. The Labute approximate surface area is 122 Å². The second-order valence-electron chi connectivity index (χ2n) is 4.95. The zero-order valence-electron chi connectivity index (χ0n) is 11.6. The van der Waals surface area contributed by atoms with E-state index < -0.39 is 11.8 Å². The van der Waals surface area contributed by atoms with Gasteiger partial charge in [-0.2, -0.15) is 0 Å². The van der Waals surface area contributed by atoms with Gasteiger partial charge in [0.25, 0.3) is 0 Å². The minimum atomic E-state index is -0.956. The van der Waals surface area contributed by atoms with Crippen molar-refractivity contribution < 1.29 is 19.5 Å². The van der Waals surface area contributed by atoms with Crippen LogP contribution in [0.1, 0.15) is 23.2 Å². The van der Waals surface area contributed by atoms with Gasteiger partial charge in [-0.15, -0.1) is 0 Å². The molecule has 5 heteroatoms. The fourth-order valence-corrected chi connectivity index (χ4v) is 2.42. The molecule has 0 spiro atoms. The van der Waals surface area contributed by atoms with Crippen LogP contribution in [0.2, 0.25) is 0 Å². The fourth-order valence-electron chi connectivity index (χ4n) is 2.42. The molecule has 0 amide bonds. The Hall–Kier alpha value is -2.14. The molecule has 0 heterocycles. The van der Waals surface area contributed by atoms with Crippen LogP contribution in [0.25, 0.3) is 0 Å². The van der Waals surface area contributed by atoms with E-state index in [1.165, 1.54) is 6.21 Å². The number of aliphatic hydroxyl groups is 1. The summed E-state index contributed by atoms with van der Waals surface area (Å²) in [5, 5.41) is 8.68. The summed E-state index contributed by atoms with van der Waals surface area (Å²) >= 11 is 0. The molecule has 2 atom stereocenters. The largest absolute Gasteiger partial charge is 0.394 e. The summed E-state index contributed by atoms with van der Waals surface area (Å²) in [7, 11) is 0. The van der Waals surface area contributed by atoms with Gasteiger partial charge in [-0.05, 0) is 6.42 Å². The SMILES string of the molecule is O=C1CC[C@H](C(=O)c2ccccc2)C(=O)[C@@H]1C=NCCO. The van der Waals surface area contributed by atoms with Gasteiger partial charge in [-0.1, -0.05) is 30.3 Å². The maximum atomic E-state index is 12.4. The number of carbonyl (C=O) groups is 3. The van der Waals surface area contributed by atoms with E-state index in [2.05, 4.69) is 4.99 Å². The monoisotopic (exact) mass is 287 g/mol. The van der Waals surface area contributed by atoms with Crippen molar-refractivity contribution in [2.45, 2.75) is 12.8 Å². The van der Waals surface area contributed by atoms with Crippen molar-refractivity contribution in [3.63, 3.8) is 0 Å². The molecule has 1 aliphatic rings. The predicted molar refractivity (Wildman–Crippen MR) is 77.4 cm³/mol. The second kappa shape index (κ2) is 7.04. The Morgan fingerprint density at radius 2 is 2.00 bits per heavy atom. The molecular formula is C16H17NO4. The average molecular weight is 287 g/mol. The molecule has 0 aliphatic heterocycles. The smallest absolute Gasteiger partial charge is 0.173 e. The van der Waals surface area contributed by atoms with Gasteiger partial charge in [0.2, 0.25) is 0 Å². The molecule has 5 nitrogen and oxygen atoms in total.